The Balaban J connectivity index is 2.40. The highest BCUT2D eigenvalue weighted by Crippen LogP contribution is 2.23. The largest absolute Gasteiger partial charge is 0.461 e. The average molecular weight is 418 g/mol. The highest BCUT2D eigenvalue weighted by Gasteiger charge is 2.32. The Hall–Kier alpha value is -3.00. The van der Waals surface area contributed by atoms with Crippen molar-refractivity contribution in [1.82, 2.24) is 9.88 Å². The van der Waals surface area contributed by atoms with Crippen molar-refractivity contribution in [2.45, 2.75) is 33.7 Å². The van der Waals surface area contributed by atoms with Gasteiger partial charge in [-0.2, -0.15) is 0 Å². The molecule has 7 nitrogen and oxygen atoms in total. The number of halogens is 1. The van der Waals surface area contributed by atoms with E-state index in [1.807, 2.05) is 0 Å². The quantitative estimate of drug-likeness (QED) is 0.499. The number of H-pyrrole nitrogens is 1. The molecule has 2 aromatic rings. The lowest BCUT2D eigenvalue weighted by Crippen LogP contribution is -2.45. The third-order valence-electron chi connectivity index (χ3n) is 4.91. The molecule has 0 aliphatic rings. The van der Waals surface area contributed by atoms with Crippen molar-refractivity contribution >= 4 is 17.7 Å². The number of rotatable bonds is 9. The number of hydrogen-bond acceptors (Lipinski definition) is 5. The van der Waals surface area contributed by atoms with Gasteiger partial charge in [-0.3, -0.25) is 9.59 Å². The molecule has 1 N–H and O–H groups in total. The second-order valence-electron chi connectivity index (χ2n) is 6.86. The molecule has 1 heterocycles. The summed E-state index contributed by atoms with van der Waals surface area (Å²) in [5.41, 5.74) is 1.34. The van der Waals surface area contributed by atoms with Crippen LogP contribution in [-0.2, 0) is 9.47 Å². The van der Waals surface area contributed by atoms with Crippen molar-refractivity contribution in [3.8, 4) is 0 Å². The maximum Gasteiger partial charge on any atom is 0.355 e. The van der Waals surface area contributed by atoms with Gasteiger partial charge in [0.25, 0.3) is 5.91 Å². The summed E-state index contributed by atoms with van der Waals surface area (Å²) >= 11 is 0. The van der Waals surface area contributed by atoms with E-state index in [-0.39, 0.29) is 36.8 Å². The Morgan fingerprint density at radius 3 is 2.47 bits per heavy atom. The van der Waals surface area contributed by atoms with E-state index in [4.69, 9.17) is 9.47 Å². The molecular weight excluding hydrogens is 391 g/mol. The summed E-state index contributed by atoms with van der Waals surface area (Å²) < 4.78 is 24.3. The first-order chi connectivity index (χ1) is 14.2. The molecule has 2 rings (SSSR count). The number of carbonyl (C=O) groups excluding carboxylic acids is 3. The maximum absolute atomic E-state index is 14.2. The second kappa shape index (κ2) is 10.2. The van der Waals surface area contributed by atoms with Crippen LogP contribution in [0.4, 0.5) is 4.39 Å². The molecule has 1 atom stereocenters. The lowest BCUT2D eigenvalue weighted by atomic mass is 9.99. The fourth-order valence-electron chi connectivity index (χ4n) is 3.33. The minimum absolute atomic E-state index is 0.101. The SMILES string of the molecule is CCOC(=O)c1[nH]c(C)c(C(=O)[C@H](C)N(CCOC)C(=O)c2ccccc2F)c1C. The van der Waals surface area contributed by atoms with Crippen LogP contribution in [0.5, 0.6) is 0 Å². The molecule has 162 valence electrons. The van der Waals surface area contributed by atoms with Crippen LogP contribution in [0.25, 0.3) is 0 Å². The van der Waals surface area contributed by atoms with E-state index in [1.165, 1.54) is 30.2 Å². The van der Waals surface area contributed by atoms with Crippen LogP contribution in [-0.4, -0.2) is 60.5 Å². The molecule has 0 aliphatic carbocycles. The minimum atomic E-state index is -0.907. The Bertz CT molecular complexity index is 938. The number of Topliss-reactive ketones (excluding diaryl/α,β-unsaturated/α-hetero) is 1. The van der Waals surface area contributed by atoms with E-state index >= 15 is 0 Å². The summed E-state index contributed by atoms with van der Waals surface area (Å²) in [5.74, 6) is -2.19. The van der Waals surface area contributed by atoms with Crippen LogP contribution >= 0.6 is 0 Å². The number of aromatic nitrogens is 1. The molecule has 0 bridgehead atoms. The predicted octanol–water partition coefficient (Wildman–Crippen LogP) is 3.31. The van der Waals surface area contributed by atoms with Gasteiger partial charge in [-0.25, -0.2) is 9.18 Å². The van der Waals surface area contributed by atoms with E-state index < -0.39 is 23.7 Å². The number of hydrogen-bond donors (Lipinski definition) is 1. The van der Waals surface area contributed by atoms with E-state index in [0.29, 0.717) is 16.8 Å². The van der Waals surface area contributed by atoms with Crippen molar-refractivity contribution < 1.29 is 28.2 Å². The lowest BCUT2D eigenvalue weighted by Gasteiger charge is -2.28. The number of aromatic amines is 1. The van der Waals surface area contributed by atoms with Crippen LogP contribution < -0.4 is 0 Å². The number of carbonyl (C=O) groups is 3. The third-order valence-corrected chi connectivity index (χ3v) is 4.91. The van der Waals surface area contributed by atoms with Crippen LogP contribution in [0.15, 0.2) is 24.3 Å². The van der Waals surface area contributed by atoms with Crippen molar-refractivity contribution in [3.63, 3.8) is 0 Å². The number of benzene rings is 1. The smallest absolute Gasteiger partial charge is 0.355 e. The normalized spacial score (nSPS) is 11.8. The summed E-state index contributed by atoms with van der Waals surface area (Å²) in [5, 5.41) is 0. The molecular formula is C22H27FN2O5. The number of amides is 1. The van der Waals surface area contributed by atoms with Crippen molar-refractivity contribution in [2.24, 2.45) is 0 Å². The van der Waals surface area contributed by atoms with Gasteiger partial charge in [-0.15, -0.1) is 0 Å². The highest BCUT2D eigenvalue weighted by atomic mass is 19.1. The number of esters is 1. The molecule has 1 aromatic carbocycles. The van der Waals surface area contributed by atoms with E-state index in [2.05, 4.69) is 4.98 Å². The number of ether oxygens (including phenoxy) is 2. The molecule has 0 spiro atoms. The lowest BCUT2D eigenvalue weighted by molar-refractivity contribution is 0.0518. The molecule has 1 aromatic heterocycles. The molecule has 0 radical (unpaired) electrons. The summed E-state index contributed by atoms with van der Waals surface area (Å²) in [6.07, 6.45) is 0. The summed E-state index contributed by atoms with van der Waals surface area (Å²) in [6.45, 7) is 7.08. The van der Waals surface area contributed by atoms with Gasteiger partial charge in [0.15, 0.2) is 5.78 Å². The third kappa shape index (κ3) is 4.76. The van der Waals surface area contributed by atoms with E-state index in [9.17, 15) is 18.8 Å². The van der Waals surface area contributed by atoms with Crippen LogP contribution in [0.3, 0.4) is 0 Å². The van der Waals surface area contributed by atoms with Crippen LogP contribution in [0.2, 0.25) is 0 Å². The van der Waals surface area contributed by atoms with Crippen molar-refractivity contribution in [3.05, 3.63) is 58.2 Å². The van der Waals surface area contributed by atoms with Gasteiger partial charge in [-0.1, -0.05) is 12.1 Å². The van der Waals surface area contributed by atoms with Gasteiger partial charge in [-0.05, 0) is 45.4 Å². The zero-order valence-electron chi connectivity index (χ0n) is 17.9. The van der Waals surface area contributed by atoms with Crippen molar-refractivity contribution in [2.75, 3.05) is 26.9 Å². The number of nitrogens with zero attached hydrogens (tertiary/aromatic N) is 1. The molecule has 30 heavy (non-hydrogen) atoms. The molecule has 8 heteroatoms. The number of nitrogens with one attached hydrogen (secondary N) is 1. The Labute approximate surface area is 175 Å². The molecule has 1 amide bonds. The van der Waals surface area contributed by atoms with Gasteiger partial charge in [0.05, 0.1) is 24.8 Å². The number of aryl methyl sites for hydroxylation is 1. The predicted molar refractivity (Wildman–Crippen MR) is 109 cm³/mol. The van der Waals surface area contributed by atoms with Crippen molar-refractivity contribution in [1.29, 1.82) is 0 Å². The molecule has 0 unspecified atom stereocenters. The fraction of sp³-hybridized carbons (Fsp3) is 0.409. The monoisotopic (exact) mass is 418 g/mol. The van der Waals surface area contributed by atoms with Gasteiger partial charge in [0.2, 0.25) is 0 Å². The summed E-state index contributed by atoms with van der Waals surface area (Å²) in [7, 11) is 1.48. The van der Waals surface area contributed by atoms with Crippen LogP contribution in [0, 0.1) is 19.7 Å². The Morgan fingerprint density at radius 1 is 1.20 bits per heavy atom. The second-order valence-corrected chi connectivity index (χ2v) is 6.86. The molecule has 0 saturated carbocycles. The standard InChI is InChI=1S/C22H27FN2O5/c1-6-30-22(28)19-13(2)18(14(3)24-19)20(26)15(4)25(11-12-29-5)21(27)16-9-7-8-10-17(16)23/h7-10,15,24H,6,11-12H2,1-5H3/t15-/m0/s1. The van der Waals surface area contributed by atoms with Gasteiger partial charge in [0.1, 0.15) is 11.5 Å². The van der Waals surface area contributed by atoms with E-state index in [0.717, 1.165) is 0 Å². The molecule has 0 fully saturated rings. The maximum atomic E-state index is 14.2. The average Bonchev–Trinajstić information content (AvgIpc) is 3.02. The molecule has 0 aliphatic heterocycles. The first-order valence-corrected chi connectivity index (χ1v) is 9.69. The highest BCUT2D eigenvalue weighted by molar-refractivity contribution is 6.07. The number of methoxy groups -OCH3 is 1. The number of ketones is 1. The van der Waals surface area contributed by atoms with Gasteiger partial charge >= 0.3 is 5.97 Å². The zero-order valence-corrected chi connectivity index (χ0v) is 17.9. The topological polar surface area (TPSA) is 88.7 Å². The van der Waals surface area contributed by atoms with E-state index in [1.54, 1.807) is 33.8 Å². The Morgan fingerprint density at radius 2 is 1.87 bits per heavy atom. The minimum Gasteiger partial charge on any atom is -0.461 e. The van der Waals surface area contributed by atoms with Gasteiger partial charge in [0, 0.05) is 24.9 Å². The summed E-state index contributed by atoms with van der Waals surface area (Å²) in [4.78, 5) is 42.6. The fourth-order valence-corrected chi connectivity index (χ4v) is 3.33. The van der Waals surface area contributed by atoms with Gasteiger partial charge < -0.3 is 19.4 Å². The first-order valence-electron chi connectivity index (χ1n) is 9.69. The zero-order chi connectivity index (χ0) is 22.4. The molecule has 0 saturated heterocycles. The van der Waals surface area contributed by atoms with Crippen LogP contribution in [0.1, 0.15) is 56.3 Å². The Kier molecular flexibility index (Phi) is 7.88. The summed E-state index contributed by atoms with van der Waals surface area (Å²) in [6, 6.07) is 4.71. The first kappa shape index (κ1) is 23.3.